The minimum Gasteiger partial charge on any atom is -0.336 e. The van der Waals surface area contributed by atoms with Crippen LogP contribution in [0.2, 0.25) is 0 Å². The summed E-state index contributed by atoms with van der Waals surface area (Å²) in [6.45, 7) is 1.92. The number of para-hydroxylation sites is 1. The molecule has 0 radical (unpaired) electrons. The van der Waals surface area contributed by atoms with Crippen molar-refractivity contribution in [2.45, 2.75) is 32.2 Å². The van der Waals surface area contributed by atoms with Gasteiger partial charge < -0.3 is 4.90 Å². The van der Waals surface area contributed by atoms with Gasteiger partial charge >= 0.3 is 0 Å². The van der Waals surface area contributed by atoms with Crippen LogP contribution in [0.15, 0.2) is 29.1 Å². The van der Waals surface area contributed by atoms with Crippen molar-refractivity contribution in [1.29, 1.82) is 0 Å². The second-order valence-electron chi connectivity index (χ2n) is 6.10. The van der Waals surface area contributed by atoms with Gasteiger partial charge in [0.05, 0.1) is 16.9 Å². The zero-order valence-electron chi connectivity index (χ0n) is 13.2. The minimum absolute atomic E-state index is 0.0723. The molecule has 3 rings (SSSR count). The summed E-state index contributed by atoms with van der Waals surface area (Å²) in [5.74, 6) is 0.921. The molecule has 5 nitrogen and oxygen atoms in total. The molecule has 2 aromatic rings. The van der Waals surface area contributed by atoms with Gasteiger partial charge in [-0.15, -0.1) is 0 Å². The molecule has 1 unspecified atom stereocenters. The largest absolute Gasteiger partial charge is 0.336 e. The van der Waals surface area contributed by atoms with E-state index in [2.05, 4.69) is 4.98 Å². The standard InChI is InChI=1S/C17H21N3O2/c1-11(19(2)16(21)12-7-6-8-12)15-18-14-10-5-4-9-13(14)17(22)20(15)3/h4-5,9-12H,6-8H2,1-3H3. The average Bonchev–Trinajstić information content (AvgIpc) is 2.47. The quantitative estimate of drug-likeness (QED) is 0.873. The van der Waals surface area contributed by atoms with Gasteiger partial charge in [-0.2, -0.15) is 0 Å². The van der Waals surface area contributed by atoms with Crippen LogP contribution in [0.1, 0.15) is 38.1 Å². The lowest BCUT2D eigenvalue weighted by Crippen LogP contribution is -2.39. The molecule has 116 valence electrons. The van der Waals surface area contributed by atoms with Crippen molar-refractivity contribution in [2.24, 2.45) is 13.0 Å². The Balaban J connectivity index is 2.00. The molecule has 1 atom stereocenters. The molecule has 0 N–H and O–H groups in total. The Morgan fingerprint density at radius 1 is 1.36 bits per heavy atom. The lowest BCUT2D eigenvalue weighted by molar-refractivity contribution is -0.139. The van der Waals surface area contributed by atoms with Crippen LogP contribution in [0.25, 0.3) is 10.9 Å². The zero-order chi connectivity index (χ0) is 15.9. The van der Waals surface area contributed by atoms with Crippen molar-refractivity contribution in [2.75, 3.05) is 7.05 Å². The fourth-order valence-electron chi connectivity index (χ4n) is 2.92. The summed E-state index contributed by atoms with van der Waals surface area (Å²) < 4.78 is 1.55. The molecule has 1 fully saturated rings. The normalized spacial score (nSPS) is 16.3. The molecular formula is C17H21N3O2. The molecule has 5 heteroatoms. The first-order chi connectivity index (χ1) is 10.5. The number of rotatable bonds is 3. The number of hydrogen-bond donors (Lipinski definition) is 0. The van der Waals surface area contributed by atoms with Crippen molar-refractivity contribution >= 4 is 16.8 Å². The van der Waals surface area contributed by atoms with Crippen LogP contribution in [-0.2, 0) is 11.8 Å². The van der Waals surface area contributed by atoms with Crippen LogP contribution in [0.4, 0.5) is 0 Å². The maximum atomic E-state index is 12.5. The first kappa shape index (κ1) is 14.8. The van der Waals surface area contributed by atoms with Gasteiger partial charge in [0.2, 0.25) is 5.91 Å². The summed E-state index contributed by atoms with van der Waals surface area (Å²) in [6.07, 6.45) is 3.07. The fraction of sp³-hybridized carbons (Fsp3) is 0.471. The van der Waals surface area contributed by atoms with E-state index in [1.54, 1.807) is 29.6 Å². The molecule has 1 aromatic heterocycles. The smallest absolute Gasteiger partial charge is 0.261 e. The Kier molecular flexibility index (Phi) is 3.72. The van der Waals surface area contributed by atoms with Crippen molar-refractivity contribution < 1.29 is 4.79 Å². The molecule has 1 heterocycles. The fourth-order valence-corrected chi connectivity index (χ4v) is 2.92. The number of hydrogen-bond acceptors (Lipinski definition) is 3. The lowest BCUT2D eigenvalue weighted by atomic mass is 9.84. The highest BCUT2D eigenvalue weighted by Crippen LogP contribution is 2.30. The maximum Gasteiger partial charge on any atom is 0.261 e. The summed E-state index contributed by atoms with van der Waals surface area (Å²) >= 11 is 0. The molecule has 0 saturated heterocycles. The maximum absolute atomic E-state index is 12.5. The average molecular weight is 299 g/mol. The van der Waals surface area contributed by atoms with Crippen LogP contribution in [0.3, 0.4) is 0 Å². The minimum atomic E-state index is -0.226. The summed E-state index contributed by atoms with van der Waals surface area (Å²) in [5.41, 5.74) is 0.605. The second-order valence-corrected chi connectivity index (χ2v) is 6.10. The number of benzene rings is 1. The Labute approximate surface area is 129 Å². The first-order valence-corrected chi connectivity index (χ1v) is 7.73. The van der Waals surface area contributed by atoms with E-state index in [9.17, 15) is 9.59 Å². The second kappa shape index (κ2) is 5.55. The van der Waals surface area contributed by atoms with Crippen LogP contribution in [0, 0.1) is 5.92 Å². The van der Waals surface area contributed by atoms with Gasteiger partial charge in [0.1, 0.15) is 5.82 Å². The van der Waals surface area contributed by atoms with Crippen molar-refractivity contribution in [1.82, 2.24) is 14.5 Å². The molecule has 1 saturated carbocycles. The van der Waals surface area contributed by atoms with E-state index in [-0.39, 0.29) is 23.4 Å². The highest BCUT2D eigenvalue weighted by molar-refractivity contribution is 5.80. The van der Waals surface area contributed by atoms with Gasteiger partial charge in [-0.3, -0.25) is 14.2 Å². The number of carbonyl (C=O) groups is 1. The monoisotopic (exact) mass is 299 g/mol. The van der Waals surface area contributed by atoms with Crippen molar-refractivity contribution in [3.05, 3.63) is 40.4 Å². The molecule has 22 heavy (non-hydrogen) atoms. The molecule has 1 aliphatic carbocycles. The van der Waals surface area contributed by atoms with Gasteiger partial charge in [-0.25, -0.2) is 4.98 Å². The Bertz CT molecular complexity index is 777. The molecule has 0 spiro atoms. The number of fused-ring (bicyclic) bond motifs is 1. The van der Waals surface area contributed by atoms with Crippen molar-refractivity contribution in [3.63, 3.8) is 0 Å². The van der Waals surface area contributed by atoms with Gasteiger partial charge in [-0.05, 0) is 31.9 Å². The Morgan fingerprint density at radius 3 is 2.68 bits per heavy atom. The van der Waals surface area contributed by atoms with E-state index in [1.807, 2.05) is 25.1 Å². The van der Waals surface area contributed by atoms with Crippen LogP contribution < -0.4 is 5.56 Å². The van der Waals surface area contributed by atoms with Gasteiger partial charge in [0, 0.05) is 20.0 Å². The number of aromatic nitrogens is 2. The van der Waals surface area contributed by atoms with Crippen molar-refractivity contribution in [3.8, 4) is 0 Å². The molecular weight excluding hydrogens is 278 g/mol. The van der Waals surface area contributed by atoms with Crippen LogP contribution in [0.5, 0.6) is 0 Å². The van der Waals surface area contributed by atoms with Gasteiger partial charge in [-0.1, -0.05) is 18.6 Å². The highest BCUT2D eigenvalue weighted by Gasteiger charge is 2.31. The molecule has 1 aliphatic rings. The third-order valence-electron chi connectivity index (χ3n) is 4.77. The third-order valence-corrected chi connectivity index (χ3v) is 4.77. The summed E-state index contributed by atoms with van der Waals surface area (Å²) in [6, 6.07) is 7.09. The van der Waals surface area contributed by atoms with E-state index in [4.69, 9.17) is 0 Å². The topological polar surface area (TPSA) is 55.2 Å². The van der Waals surface area contributed by atoms with Crippen LogP contribution in [-0.4, -0.2) is 27.4 Å². The van der Waals surface area contributed by atoms with E-state index in [0.29, 0.717) is 16.7 Å². The number of amides is 1. The summed E-state index contributed by atoms with van der Waals surface area (Å²) in [7, 11) is 3.52. The SMILES string of the molecule is CC(c1nc2ccccc2c(=O)n1C)N(C)C(=O)C1CCC1. The van der Waals surface area contributed by atoms with Gasteiger partial charge in [0.15, 0.2) is 0 Å². The first-order valence-electron chi connectivity index (χ1n) is 7.73. The third kappa shape index (κ3) is 2.30. The van der Waals surface area contributed by atoms with E-state index < -0.39 is 0 Å². The Morgan fingerprint density at radius 2 is 2.05 bits per heavy atom. The highest BCUT2D eigenvalue weighted by atomic mass is 16.2. The van der Waals surface area contributed by atoms with Crippen LogP contribution >= 0.6 is 0 Å². The predicted octanol–water partition coefficient (Wildman–Crippen LogP) is 2.25. The lowest BCUT2D eigenvalue weighted by Gasteiger charge is -2.33. The molecule has 1 aromatic carbocycles. The Hall–Kier alpha value is -2.17. The zero-order valence-corrected chi connectivity index (χ0v) is 13.2. The number of nitrogens with zero attached hydrogens (tertiary/aromatic N) is 3. The summed E-state index contributed by atoms with van der Waals surface area (Å²) in [4.78, 5) is 31.2. The summed E-state index contributed by atoms with van der Waals surface area (Å²) in [5, 5.41) is 0.605. The molecule has 1 amide bonds. The van der Waals surface area contributed by atoms with E-state index in [1.165, 1.54) is 0 Å². The number of carbonyl (C=O) groups excluding carboxylic acids is 1. The van der Waals surface area contributed by atoms with E-state index >= 15 is 0 Å². The molecule has 0 aliphatic heterocycles. The van der Waals surface area contributed by atoms with Gasteiger partial charge in [0.25, 0.3) is 5.56 Å². The predicted molar refractivity (Wildman–Crippen MR) is 85.5 cm³/mol. The molecule has 0 bridgehead atoms. The van der Waals surface area contributed by atoms with E-state index in [0.717, 1.165) is 19.3 Å².